The molecular weight excluding hydrogens is 407 g/mol. The zero-order chi connectivity index (χ0) is 22.8. The van der Waals surface area contributed by atoms with E-state index >= 15 is 0 Å². The van der Waals surface area contributed by atoms with Crippen molar-refractivity contribution in [3.05, 3.63) is 89.7 Å². The van der Waals surface area contributed by atoms with Gasteiger partial charge in [-0.1, -0.05) is 44.4 Å². The molecule has 3 rings (SSSR count). The Kier molecular flexibility index (Phi) is 8.37. The van der Waals surface area contributed by atoms with Crippen molar-refractivity contribution in [2.24, 2.45) is 0 Å². The first-order valence-corrected chi connectivity index (χ1v) is 10.8. The van der Waals surface area contributed by atoms with Gasteiger partial charge < -0.3 is 15.4 Å². The largest absolute Gasteiger partial charge is 0.493 e. The maximum Gasteiger partial charge on any atom is 0.259 e. The summed E-state index contributed by atoms with van der Waals surface area (Å²) in [6, 6.07) is 19.2. The second-order valence-electron chi connectivity index (χ2n) is 7.40. The van der Waals surface area contributed by atoms with Crippen molar-refractivity contribution in [3.8, 4) is 5.75 Å². The Labute approximate surface area is 187 Å². The third-order valence-corrected chi connectivity index (χ3v) is 4.87. The lowest BCUT2D eigenvalue weighted by molar-refractivity contribution is 0.101. The molecule has 0 saturated carbocycles. The summed E-state index contributed by atoms with van der Waals surface area (Å²) < 4.78 is 18.9. The van der Waals surface area contributed by atoms with E-state index in [0.29, 0.717) is 34.9 Å². The molecule has 0 aliphatic carbocycles. The highest BCUT2D eigenvalue weighted by molar-refractivity contribution is 6.08. The number of carbonyl (C=O) groups excluding carboxylic acids is 2. The van der Waals surface area contributed by atoms with Gasteiger partial charge in [0.05, 0.1) is 12.2 Å². The van der Waals surface area contributed by atoms with Gasteiger partial charge in [-0.05, 0) is 61.0 Å². The predicted molar refractivity (Wildman–Crippen MR) is 125 cm³/mol. The highest BCUT2D eigenvalue weighted by Gasteiger charge is 2.14. The van der Waals surface area contributed by atoms with E-state index in [-0.39, 0.29) is 17.6 Å². The van der Waals surface area contributed by atoms with Crippen LogP contribution in [0, 0.1) is 5.82 Å². The van der Waals surface area contributed by atoms with Crippen molar-refractivity contribution in [1.82, 2.24) is 0 Å². The van der Waals surface area contributed by atoms with Gasteiger partial charge in [-0.15, -0.1) is 0 Å². The number of halogens is 1. The van der Waals surface area contributed by atoms with Crippen LogP contribution >= 0.6 is 0 Å². The summed E-state index contributed by atoms with van der Waals surface area (Å²) in [4.78, 5) is 25.4. The topological polar surface area (TPSA) is 67.4 Å². The van der Waals surface area contributed by atoms with Crippen LogP contribution in [0.3, 0.4) is 0 Å². The van der Waals surface area contributed by atoms with Gasteiger partial charge in [0, 0.05) is 16.9 Å². The van der Waals surface area contributed by atoms with E-state index in [1.807, 2.05) is 6.07 Å². The molecule has 0 atom stereocenters. The normalized spacial score (nSPS) is 10.4. The maximum atomic E-state index is 13.0. The minimum atomic E-state index is -0.377. The van der Waals surface area contributed by atoms with Crippen molar-refractivity contribution in [3.63, 3.8) is 0 Å². The molecule has 0 aliphatic heterocycles. The number of anilines is 2. The van der Waals surface area contributed by atoms with Crippen LogP contribution in [0.2, 0.25) is 0 Å². The summed E-state index contributed by atoms with van der Waals surface area (Å²) in [7, 11) is 0. The highest BCUT2D eigenvalue weighted by Crippen LogP contribution is 2.21. The average Bonchev–Trinajstić information content (AvgIpc) is 2.81. The molecule has 166 valence electrons. The smallest absolute Gasteiger partial charge is 0.259 e. The first-order valence-electron chi connectivity index (χ1n) is 10.8. The number of hydrogen-bond acceptors (Lipinski definition) is 3. The number of carbonyl (C=O) groups is 2. The van der Waals surface area contributed by atoms with Crippen molar-refractivity contribution in [1.29, 1.82) is 0 Å². The van der Waals surface area contributed by atoms with E-state index in [4.69, 9.17) is 4.74 Å². The Bertz CT molecular complexity index is 1050. The number of nitrogens with one attached hydrogen (secondary N) is 2. The molecule has 0 aromatic heterocycles. The Balaban J connectivity index is 1.64. The zero-order valence-electron chi connectivity index (χ0n) is 18.1. The second kappa shape index (κ2) is 11.6. The molecule has 0 spiro atoms. The lowest BCUT2D eigenvalue weighted by Gasteiger charge is -2.12. The second-order valence-corrected chi connectivity index (χ2v) is 7.40. The monoisotopic (exact) mass is 434 g/mol. The molecule has 2 amide bonds. The number of rotatable bonds is 10. The van der Waals surface area contributed by atoms with Gasteiger partial charge in [-0.3, -0.25) is 9.59 Å². The quantitative estimate of drug-likeness (QED) is 0.369. The number of unbranched alkanes of at least 4 members (excludes halogenated alkanes) is 3. The van der Waals surface area contributed by atoms with E-state index in [9.17, 15) is 14.0 Å². The molecule has 0 saturated heterocycles. The highest BCUT2D eigenvalue weighted by atomic mass is 19.1. The fourth-order valence-electron chi connectivity index (χ4n) is 3.16. The van der Waals surface area contributed by atoms with E-state index < -0.39 is 0 Å². The van der Waals surface area contributed by atoms with Crippen molar-refractivity contribution < 1.29 is 18.7 Å². The fraction of sp³-hybridized carbons (Fsp3) is 0.231. The summed E-state index contributed by atoms with van der Waals surface area (Å²) in [5.41, 5.74) is 1.77. The predicted octanol–water partition coefficient (Wildman–Crippen LogP) is 6.29. The number of amides is 2. The van der Waals surface area contributed by atoms with E-state index in [1.165, 1.54) is 24.3 Å². The third-order valence-electron chi connectivity index (χ3n) is 4.87. The van der Waals surface area contributed by atoms with Crippen molar-refractivity contribution in [2.75, 3.05) is 17.2 Å². The van der Waals surface area contributed by atoms with Gasteiger partial charge in [0.1, 0.15) is 11.6 Å². The Morgan fingerprint density at radius 1 is 0.812 bits per heavy atom. The number of ether oxygens (including phenoxy) is 1. The van der Waals surface area contributed by atoms with Crippen LogP contribution in [0.25, 0.3) is 0 Å². The van der Waals surface area contributed by atoms with Gasteiger partial charge in [0.15, 0.2) is 0 Å². The molecule has 0 aliphatic rings. The van der Waals surface area contributed by atoms with E-state index in [1.54, 1.807) is 42.5 Å². The van der Waals surface area contributed by atoms with Crippen LogP contribution in [-0.2, 0) is 0 Å². The lowest BCUT2D eigenvalue weighted by atomic mass is 10.1. The molecule has 0 unspecified atom stereocenters. The molecule has 5 nitrogen and oxygen atoms in total. The van der Waals surface area contributed by atoms with Crippen molar-refractivity contribution in [2.45, 2.75) is 32.6 Å². The van der Waals surface area contributed by atoms with Gasteiger partial charge in [0.25, 0.3) is 11.8 Å². The number of hydrogen-bond donors (Lipinski definition) is 2. The molecule has 3 aromatic rings. The number of para-hydroxylation sites is 1. The Morgan fingerprint density at radius 2 is 1.56 bits per heavy atom. The van der Waals surface area contributed by atoms with Crippen LogP contribution in [0.4, 0.5) is 15.8 Å². The summed E-state index contributed by atoms with van der Waals surface area (Å²) in [6.45, 7) is 2.71. The minimum absolute atomic E-state index is 0.315. The third kappa shape index (κ3) is 6.67. The van der Waals surface area contributed by atoms with E-state index in [2.05, 4.69) is 17.6 Å². The zero-order valence-corrected chi connectivity index (χ0v) is 18.1. The Hall–Kier alpha value is -3.67. The molecule has 0 bridgehead atoms. The lowest BCUT2D eigenvalue weighted by Crippen LogP contribution is -2.15. The summed E-state index contributed by atoms with van der Waals surface area (Å²) >= 11 is 0. The summed E-state index contributed by atoms with van der Waals surface area (Å²) in [6.07, 6.45) is 4.35. The first-order chi connectivity index (χ1) is 15.6. The molecule has 2 N–H and O–H groups in total. The molecule has 3 aromatic carbocycles. The van der Waals surface area contributed by atoms with Crippen LogP contribution in [0.5, 0.6) is 5.75 Å². The standard InChI is InChI=1S/C26H27FN2O3/c1-2-3-4-7-17-32-24-12-6-5-11-23(24)26(31)29-22-10-8-9-19(18-22)25(30)28-21-15-13-20(27)14-16-21/h5-6,8-16,18H,2-4,7,17H2,1H3,(H,28,30)(H,29,31). The molecular formula is C26H27FN2O3. The molecule has 6 heteroatoms. The fourth-order valence-corrected chi connectivity index (χ4v) is 3.16. The number of benzene rings is 3. The summed E-state index contributed by atoms with van der Waals surface area (Å²) in [5.74, 6) is -0.515. The minimum Gasteiger partial charge on any atom is -0.493 e. The molecule has 32 heavy (non-hydrogen) atoms. The Morgan fingerprint density at radius 3 is 2.34 bits per heavy atom. The SMILES string of the molecule is CCCCCCOc1ccccc1C(=O)Nc1cccc(C(=O)Nc2ccc(F)cc2)c1. The molecule has 0 fully saturated rings. The van der Waals surface area contributed by atoms with Gasteiger partial charge in [-0.25, -0.2) is 4.39 Å². The van der Waals surface area contributed by atoms with Crippen molar-refractivity contribution >= 4 is 23.2 Å². The van der Waals surface area contributed by atoms with Gasteiger partial charge >= 0.3 is 0 Å². The van der Waals surface area contributed by atoms with Crippen LogP contribution in [-0.4, -0.2) is 18.4 Å². The molecule has 0 heterocycles. The summed E-state index contributed by atoms with van der Waals surface area (Å²) in [5, 5.41) is 5.53. The van der Waals surface area contributed by atoms with Gasteiger partial charge in [0.2, 0.25) is 0 Å². The maximum absolute atomic E-state index is 13.0. The molecule has 0 radical (unpaired) electrons. The first kappa shape index (κ1) is 23.0. The van der Waals surface area contributed by atoms with Crippen LogP contribution in [0.1, 0.15) is 53.3 Å². The van der Waals surface area contributed by atoms with Crippen LogP contribution < -0.4 is 15.4 Å². The van der Waals surface area contributed by atoms with Gasteiger partial charge in [-0.2, -0.15) is 0 Å². The average molecular weight is 435 g/mol. The van der Waals surface area contributed by atoms with E-state index in [0.717, 1.165) is 25.7 Å². The van der Waals surface area contributed by atoms with Crippen LogP contribution in [0.15, 0.2) is 72.8 Å².